The molecule has 0 bridgehead atoms. The summed E-state index contributed by atoms with van der Waals surface area (Å²) in [5.41, 5.74) is 2.38. The number of amides is 2. The summed E-state index contributed by atoms with van der Waals surface area (Å²) >= 11 is 0. The minimum absolute atomic E-state index is 0.186. The maximum Gasteiger partial charge on any atom is 0.407 e. The van der Waals surface area contributed by atoms with Crippen LogP contribution in [0.2, 0.25) is 0 Å². The summed E-state index contributed by atoms with van der Waals surface area (Å²) in [6.45, 7) is 4.72. The van der Waals surface area contributed by atoms with Crippen molar-refractivity contribution in [3.63, 3.8) is 0 Å². The number of aryl methyl sites for hydroxylation is 1. The fraction of sp³-hybridized carbons (Fsp3) is 0.364. The summed E-state index contributed by atoms with van der Waals surface area (Å²) in [7, 11) is 0. The molecule has 1 unspecified atom stereocenters. The Balaban J connectivity index is 1.66. The van der Waals surface area contributed by atoms with Crippen molar-refractivity contribution in [1.82, 2.24) is 20.4 Å². The summed E-state index contributed by atoms with van der Waals surface area (Å²) in [5, 5.41) is 7.33. The summed E-state index contributed by atoms with van der Waals surface area (Å²) in [5.74, 6) is -0.553. The Labute approximate surface area is 178 Å². The average molecular weight is 426 g/mol. The molecule has 4 rings (SSSR count). The molecule has 1 atom stereocenters. The lowest BCUT2D eigenvalue weighted by Gasteiger charge is -2.33. The molecule has 1 aliphatic rings. The van der Waals surface area contributed by atoms with E-state index in [1.807, 2.05) is 0 Å². The van der Waals surface area contributed by atoms with Crippen molar-refractivity contribution in [2.75, 3.05) is 19.7 Å². The zero-order chi connectivity index (χ0) is 22.0. The molecule has 1 aromatic carbocycles. The second kappa shape index (κ2) is 8.71. The van der Waals surface area contributed by atoms with Gasteiger partial charge in [-0.25, -0.2) is 14.2 Å². The predicted molar refractivity (Wildman–Crippen MR) is 111 cm³/mol. The smallest absolute Gasteiger partial charge is 0.407 e. The molecule has 1 N–H and O–H groups in total. The molecule has 1 saturated heterocycles. The Bertz CT molecular complexity index is 1110. The predicted octanol–water partition coefficient (Wildman–Crippen LogP) is 3.69. The van der Waals surface area contributed by atoms with E-state index in [4.69, 9.17) is 9.26 Å². The summed E-state index contributed by atoms with van der Waals surface area (Å²) < 4.78 is 23.6. The SMILES string of the molecule is CCOC(=O)NC1CCCN(C(=O)c2cc(-c3ccc(F)cc3)nc3onc(C)c23)C1. The maximum absolute atomic E-state index is 13.5. The number of ether oxygens (including phenoxy) is 1. The Morgan fingerprint density at radius 3 is 2.84 bits per heavy atom. The van der Waals surface area contributed by atoms with Crippen molar-refractivity contribution in [2.45, 2.75) is 32.7 Å². The molecule has 3 heterocycles. The van der Waals surface area contributed by atoms with Crippen LogP contribution in [0.25, 0.3) is 22.4 Å². The minimum Gasteiger partial charge on any atom is -0.450 e. The first-order chi connectivity index (χ1) is 15.0. The molecule has 8 nitrogen and oxygen atoms in total. The third kappa shape index (κ3) is 4.35. The van der Waals surface area contributed by atoms with Crippen molar-refractivity contribution < 1.29 is 23.2 Å². The highest BCUT2D eigenvalue weighted by Gasteiger charge is 2.28. The van der Waals surface area contributed by atoms with Crippen LogP contribution < -0.4 is 5.32 Å². The van der Waals surface area contributed by atoms with Crippen LogP contribution in [-0.4, -0.2) is 52.8 Å². The van der Waals surface area contributed by atoms with Gasteiger partial charge in [-0.2, -0.15) is 0 Å². The zero-order valence-electron chi connectivity index (χ0n) is 17.4. The van der Waals surface area contributed by atoms with E-state index >= 15 is 0 Å². The molecule has 1 fully saturated rings. The fourth-order valence-corrected chi connectivity index (χ4v) is 3.82. The van der Waals surface area contributed by atoms with Gasteiger partial charge in [0.05, 0.1) is 28.9 Å². The second-order valence-electron chi connectivity index (χ2n) is 7.47. The minimum atomic E-state index is -0.485. The highest BCUT2D eigenvalue weighted by molar-refractivity contribution is 6.07. The summed E-state index contributed by atoms with van der Waals surface area (Å²) in [4.78, 5) is 31.4. The van der Waals surface area contributed by atoms with Crippen molar-refractivity contribution in [1.29, 1.82) is 0 Å². The van der Waals surface area contributed by atoms with Gasteiger partial charge in [0.25, 0.3) is 11.6 Å². The van der Waals surface area contributed by atoms with Crippen LogP contribution in [0.1, 0.15) is 35.8 Å². The standard InChI is InChI=1S/C22H23FN4O4/c1-3-30-22(29)24-16-5-4-10-27(12-16)21(28)17-11-18(14-6-8-15(23)9-7-14)25-20-19(17)13(2)26-31-20/h6-9,11,16H,3-5,10,12H2,1-2H3,(H,24,29). The van der Waals surface area contributed by atoms with E-state index in [2.05, 4.69) is 15.5 Å². The number of piperidine rings is 1. The Morgan fingerprint density at radius 1 is 1.32 bits per heavy atom. The van der Waals surface area contributed by atoms with E-state index in [1.165, 1.54) is 12.1 Å². The molecular weight excluding hydrogens is 403 g/mol. The number of carbonyl (C=O) groups is 2. The number of nitrogens with one attached hydrogen (secondary N) is 1. The number of hydrogen-bond donors (Lipinski definition) is 1. The lowest BCUT2D eigenvalue weighted by Crippen LogP contribution is -2.49. The summed E-state index contributed by atoms with van der Waals surface area (Å²) in [6.07, 6.45) is 1.04. The highest BCUT2D eigenvalue weighted by atomic mass is 19.1. The third-order valence-electron chi connectivity index (χ3n) is 5.29. The van der Waals surface area contributed by atoms with Crippen molar-refractivity contribution in [3.8, 4) is 11.3 Å². The first-order valence-electron chi connectivity index (χ1n) is 10.2. The molecule has 1 aliphatic heterocycles. The van der Waals surface area contributed by atoms with Crippen molar-refractivity contribution in [2.24, 2.45) is 0 Å². The Hall–Kier alpha value is -3.49. The Morgan fingerprint density at radius 2 is 2.10 bits per heavy atom. The van der Waals surface area contributed by atoms with Crippen LogP contribution in [-0.2, 0) is 4.74 Å². The first kappa shape index (κ1) is 20.8. The fourth-order valence-electron chi connectivity index (χ4n) is 3.82. The number of nitrogens with zero attached hydrogens (tertiary/aromatic N) is 3. The van der Waals surface area contributed by atoms with Crippen LogP contribution in [0, 0.1) is 12.7 Å². The monoisotopic (exact) mass is 426 g/mol. The van der Waals surface area contributed by atoms with Gasteiger partial charge in [-0.05, 0) is 57.0 Å². The van der Waals surface area contributed by atoms with Gasteiger partial charge in [-0.1, -0.05) is 5.16 Å². The lowest BCUT2D eigenvalue weighted by molar-refractivity contribution is 0.0688. The molecule has 9 heteroatoms. The number of alkyl carbamates (subject to hydrolysis) is 1. The van der Waals surface area contributed by atoms with E-state index in [0.29, 0.717) is 41.0 Å². The van der Waals surface area contributed by atoms with Gasteiger partial charge in [0, 0.05) is 24.7 Å². The topological polar surface area (TPSA) is 97.6 Å². The van der Waals surface area contributed by atoms with Gasteiger partial charge in [0.15, 0.2) is 0 Å². The zero-order valence-corrected chi connectivity index (χ0v) is 17.4. The van der Waals surface area contributed by atoms with Gasteiger partial charge in [-0.15, -0.1) is 0 Å². The quantitative estimate of drug-likeness (QED) is 0.683. The van der Waals surface area contributed by atoms with E-state index in [0.717, 1.165) is 12.8 Å². The number of likely N-dealkylation sites (tertiary alicyclic amines) is 1. The molecule has 2 aromatic heterocycles. The Kier molecular flexibility index (Phi) is 5.83. The van der Waals surface area contributed by atoms with Gasteiger partial charge in [-0.3, -0.25) is 4.79 Å². The van der Waals surface area contributed by atoms with Crippen molar-refractivity contribution >= 4 is 23.1 Å². The largest absolute Gasteiger partial charge is 0.450 e. The van der Waals surface area contributed by atoms with Gasteiger partial charge in [0.2, 0.25) is 0 Å². The number of carbonyl (C=O) groups excluding carboxylic acids is 2. The van der Waals surface area contributed by atoms with Crippen LogP contribution in [0.5, 0.6) is 0 Å². The number of rotatable bonds is 4. The molecule has 2 amide bonds. The maximum atomic E-state index is 13.5. The number of halogens is 1. The molecule has 0 aliphatic carbocycles. The number of benzene rings is 1. The third-order valence-corrected chi connectivity index (χ3v) is 5.29. The molecule has 0 radical (unpaired) electrons. The van der Waals surface area contributed by atoms with Gasteiger partial charge in [0.1, 0.15) is 5.82 Å². The normalized spacial score (nSPS) is 16.4. The van der Waals surface area contributed by atoms with E-state index < -0.39 is 6.09 Å². The van der Waals surface area contributed by atoms with E-state index in [9.17, 15) is 14.0 Å². The van der Waals surface area contributed by atoms with Crippen LogP contribution in [0.3, 0.4) is 0 Å². The number of hydrogen-bond acceptors (Lipinski definition) is 6. The summed E-state index contributed by atoms with van der Waals surface area (Å²) in [6, 6.07) is 7.37. The first-order valence-corrected chi connectivity index (χ1v) is 10.2. The van der Waals surface area contributed by atoms with Gasteiger partial charge < -0.3 is 19.5 Å². The second-order valence-corrected chi connectivity index (χ2v) is 7.47. The van der Waals surface area contributed by atoms with E-state index in [-0.39, 0.29) is 30.1 Å². The van der Waals surface area contributed by atoms with Crippen LogP contribution in [0.4, 0.5) is 9.18 Å². The lowest BCUT2D eigenvalue weighted by atomic mass is 10.0. The van der Waals surface area contributed by atoms with Crippen molar-refractivity contribution in [3.05, 3.63) is 47.4 Å². The molecular formula is C22H23FN4O4. The molecule has 31 heavy (non-hydrogen) atoms. The average Bonchev–Trinajstić information content (AvgIpc) is 3.14. The van der Waals surface area contributed by atoms with Crippen LogP contribution in [0.15, 0.2) is 34.9 Å². The number of pyridine rings is 1. The van der Waals surface area contributed by atoms with E-state index in [1.54, 1.807) is 36.9 Å². The van der Waals surface area contributed by atoms with Crippen LogP contribution >= 0.6 is 0 Å². The highest BCUT2D eigenvalue weighted by Crippen LogP contribution is 2.29. The number of aromatic nitrogens is 2. The molecule has 3 aromatic rings. The van der Waals surface area contributed by atoms with Gasteiger partial charge >= 0.3 is 6.09 Å². The number of fused-ring (bicyclic) bond motifs is 1. The molecule has 0 spiro atoms. The molecule has 0 saturated carbocycles. The molecule has 162 valence electrons.